The Morgan fingerprint density at radius 3 is 0.658 bits per heavy atom. The summed E-state index contributed by atoms with van der Waals surface area (Å²) in [7, 11) is 0. The Kier molecular flexibility index (Phi) is 33.2. The van der Waals surface area contributed by atoms with Crippen LogP contribution in [0.3, 0.4) is 0 Å². The van der Waals surface area contributed by atoms with E-state index in [0.717, 1.165) is 11.8 Å². The summed E-state index contributed by atoms with van der Waals surface area (Å²) in [5.41, 5.74) is 0. The van der Waals surface area contributed by atoms with Gasteiger partial charge in [-0.05, 0) is 11.8 Å². The fourth-order valence-electron chi connectivity index (χ4n) is 6.30. The number of rotatable bonds is 33. The smallest absolute Gasteiger partial charge is 0.0443 e. The van der Waals surface area contributed by atoms with E-state index in [1.807, 2.05) is 0 Å². The van der Waals surface area contributed by atoms with Gasteiger partial charge in [0, 0.05) is 0 Å². The molecule has 2 unspecified atom stereocenters. The molecule has 0 aliphatic heterocycles. The van der Waals surface area contributed by atoms with Gasteiger partial charge in [-0.15, -0.1) is 0 Å². The second-order valence-corrected chi connectivity index (χ2v) is 13.6. The van der Waals surface area contributed by atoms with Crippen LogP contribution in [-0.4, -0.2) is 0 Å². The molecule has 0 aromatic carbocycles. The van der Waals surface area contributed by atoms with E-state index in [9.17, 15) is 0 Å². The second-order valence-electron chi connectivity index (χ2n) is 13.6. The van der Waals surface area contributed by atoms with Crippen LogP contribution in [-0.2, 0) is 0 Å². The van der Waals surface area contributed by atoms with Gasteiger partial charge in [0.2, 0.25) is 0 Å². The number of hydrogen-bond donors (Lipinski definition) is 0. The highest BCUT2D eigenvalue weighted by Crippen LogP contribution is 2.22. The zero-order chi connectivity index (χ0) is 27.8. The first-order valence-electron chi connectivity index (χ1n) is 18.7. The molecule has 0 fully saturated rings. The lowest BCUT2D eigenvalue weighted by Crippen LogP contribution is -1.99. The molecule has 0 saturated heterocycles. The second kappa shape index (κ2) is 33.2. The van der Waals surface area contributed by atoms with Crippen molar-refractivity contribution in [3.63, 3.8) is 0 Å². The van der Waals surface area contributed by atoms with Crippen molar-refractivity contribution < 1.29 is 0 Å². The normalized spacial score (nSPS) is 13.3. The maximum Gasteiger partial charge on any atom is -0.0443 e. The van der Waals surface area contributed by atoms with Crippen molar-refractivity contribution in [2.24, 2.45) is 11.8 Å². The summed E-state index contributed by atoms with van der Waals surface area (Å²) in [6.45, 7) is 9.64. The maximum absolute atomic E-state index is 2.51. The monoisotopic (exact) mass is 535 g/mol. The molecule has 0 rings (SSSR count). The molecule has 0 bridgehead atoms. The summed E-state index contributed by atoms with van der Waals surface area (Å²) in [5, 5.41) is 0. The summed E-state index contributed by atoms with van der Waals surface area (Å²) >= 11 is 0. The van der Waals surface area contributed by atoms with Crippen LogP contribution in [0.25, 0.3) is 0 Å². The first-order chi connectivity index (χ1) is 18.7. The molecule has 0 aromatic heterocycles. The number of hydrogen-bond acceptors (Lipinski definition) is 0. The molecule has 0 aliphatic carbocycles. The van der Waals surface area contributed by atoms with E-state index in [4.69, 9.17) is 0 Å². The van der Waals surface area contributed by atoms with Crippen molar-refractivity contribution in [3.05, 3.63) is 0 Å². The zero-order valence-electron chi connectivity index (χ0n) is 27.8. The van der Waals surface area contributed by atoms with Crippen molar-refractivity contribution in [2.75, 3.05) is 0 Å². The van der Waals surface area contributed by atoms with E-state index >= 15 is 0 Å². The Morgan fingerprint density at radius 1 is 0.237 bits per heavy atom. The highest BCUT2D eigenvalue weighted by Gasteiger charge is 2.06. The van der Waals surface area contributed by atoms with Gasteiger partial charge in [0.05, 0.1) is 0 Å². The van der Waals surface area contributed by atoms with Crippen LogP contribution in [0, 0.1) is 11.8 Å². The number of unbranched alkanes of at least 4 members (excludes halogenated alkanes) is 25. The largest absolute Gasteiger partial charge is 0.0654 e. The van der Waals surface area contributed by atoms with Crippen LogP contribution in [0.15, 0.2) is 0 Å². The molecule has 2 atom stereocenters. The summed E-state index contributed by atoms with van der Waals surface area (Å²) < 4.78 is 0. The van der Waals surface area contributed by atoms with Gasteiger partial charge >= 0.3 is 0 Å². The Balaban J connectivity index is 3.25. The molecule has 0 saturated carbocycles. The van der Waals surface area contributed by atoms with Crippen LogP contribution in [0.2, 0.25) is 0 Å². The van der Waals surface area contributed by atoms with Gasteiger partial charge in [0.15, 0.2) is 0 Å². The zero-order valence-corrected chi connectivity index (χ0v) is 27.8. The fourth-order valence-corrected chi connectivity index (χ4v) is 6.30. The lowest BCUT2D eigenvalue weighted by Gasteiger charge is -2.14. The van der Waals surface area contributed by atoms with Crippen molar-refractivity contribution in [1.82, 2.24) is 0 Å². The lowest BCUT2D eigenvalue weighted by atomic mass is 9.92. The third kappa shape index (κ3) is 32.2. The molecule has 0 aliphatic rings. The molecule has 0 N–H and O–H groups in total. The Morgan fingerprint density at radius 2 is 0.421 bits per heavy atom. The molecule has 0 radical (unpaired) electrons. The van der Waals surface area contributed by atoms with Crippen LogP contribution >= 0.6 is 0 Å². The molecule has 0 spiro atoms. The van der Waals surface area contributed by atoms with Crippen molar-refractivity contribution in [3.8, 4) is 0 Å². The average Bonchev–Trinajstić information content (AvgIpc) is 2.91. The van der Waals surface area contributed by atoms with Gasteiger partial charge in [-0.1, -0.05) is 233 Å². The van der Waals surface area contributed by atoms with E-state index in [2.05, 4.69) is 27.7 Å². The topological polar surface area (TPSA) is 0 Å². The molecule has 230 valence electrons. The van der Waals surface area contributed by atoms with Gasteiger partial charge in [-0.3, -0.25) is 0 Å². The van der Waals surface area contributed by atoms with E-state index < -0.39 is 0 Å². The van der Waals surface area contributed by atoms with E-state index in [-0.39, 0.29) is 0 Å². The minimum atomic E-state index is 0.954. The molecule has 0 aromatic rings. The SMILES string of the molecule is CCCCCCCCCCCCCCCCCCC(C)CCCC(C)CCCCCCCCCCCCC. The molecule has 0 nitrogen and oxygen atoms in total. The van der Waals surface area contributed by atoms with Crippen LogP contribution in [0.4, 0.5) is 0 Å². The minimum Gasteiger partial charge on any atom is -0.0654 e. The van der Waals surface area contributed by atoms with E-state index in [0.29, 0.717) is 0 Å². The standard InChI is InChI=1S/C38H78/c1-5-7-9-11-13-15-17-18-19-20-21-23-25-27-29-31-34-38(4)36-32-35-37(3)33-30-28-26-24-22-16-14-12-10-8-6-2/h37-38H,5-36H2,1-4H3. The lowest BCUT2D eigenvalue weighted by molar-refractivity contribution is 0.390. The van der Waals surface area contributed by atoms with Crippen molar-refractivity contribution in [2.45, 2.75) is 233 Å². The Hall–Kier alpha value is 0. The average molecular weight is 535 g/mol. The summed E-state index contributed by atoms with van der Waals surface area (Å²) in [6.07, 6.45) is 47.1. The third-order valence-electron chi connectivity index (χ3n) is 9.24. The van der Waals surface area contributed by atoms with E-state index in [1.54, 1.807) is 0 Å². The van der Waals surface area contributed by atoms with E-state index in [1.165, 1.54) is 205 Å². The predicted octanol–water partition coefficient (Wildman–Crippen LogP) is 14.8. The Labute approximate surface area is 244 Å². The Bertz CT molecular complexity index is 399. The molecule has 38 heavy (non-hydrogen) atoms. The van der Waals surface area contributed by atoms with Gasteiger partial charge in [0.1, 0.15) is 0 Å². The molecular formula is C38H78. The molecule has 0 heterocycles. The predicted molar refractivity (Wildman–Crippen MR) is 177 cm³/mol. The molecule has 0 heteroatoms. The molecular weight excluding hydrogens is 456 g/mol. The highest BCUT2D eigenvalue weighted by molar-refractivity contribution is 4.60. The van der Waals surface area contributed by atoms with Crippen LogP contribution in [0.1, 0.15) is 233 Å². The van der Waals surface area contributed by atoms with Gasteiger partial charge in [-0.25, -0.2) is 0 Å². The first kappa shape index (κ1) is 38.0. The van der Waals surface area contributed by atoms with Gasteiger partial charge < -0.3 is 0 Å². The van der Waals surface area contributed by atoms with Crippen LogP contribution in [0.5, 0.6) is 0 Å². The third-order valence-corrected chi connectivity index (χ3v) is 9.24. The van der Waals surface area contributed by atoms with Crippen molar-refractivity contribution >= 4 is 0 Å². The maximum atomic E-state index is 2.51. The first-order valence-corrected chi connectivity index (χ1v) is 18.7. The minimum absolute atomic E-state index is 0.954. The van der Waals surface area contributed by atoms with Crippen LogP contribution < -0.4 is 0 Å². The van der Waals surface area contributed by atoms with Gasteiger partial charge in [0.25, 0.3) is 0 Å². The summed E-state index contributed by atoms with van der Waals surface area (Å²) in [5.74, 6) is 1.91. The van der Waals surface area contributed by atoms with Gasteiger partial charge in [-0.2, -0.15) is 0 Å². The fraction of sp³-hybridized carbons (Fsp3) is 1.00. The summed E-state index contributed by atoms with van der Waals surface area (Å²) in [4.78, 5) is 0. The quantitative estimate of drug-likeness (QED) is 0.0734. The highest BCUT2D eigenvalue weighted by atomic mass is 14.1. The summed E-state index contributed by atoms with van der Waals surface area (Å²) in [6, 6.07) is 0. The molecule has 0 amide bonds. The van der Waals surface area contributed by atoms with Crippen molar-refractivity contribution in [1.29, 1.82) is 0 Å².